The number of hydrogen-bond donors (Lipinski definition) is 3. The normalized spacial score (nSPS) is 17.4. The molecular formula is C14H21N3O2. The van der Waals surface area contributed by atoms with Crippen molar-refractivity contribution < 1.29 is 9.53 Å². The Bertz CT molecular complexity index is 460. The minimum atomic E-state index is -0.327. The summed E-state index contributed by atoms with van der Waals surface area (Å²) in [7, 11) is 1.58. The molecule has 0 heterocycles. The molecule has 0 spiro atoms. The Hall–Kier alpha value is -1.75. The number of rotatable bonds is 5. The predicted molar refractivity (Wildman–Crippen MR) is 75.3 cm³/mol. The van der Waals surface area contributed by atoms with Gasteiger partial charge in [0, 0.05) is 6.54 Å². The fraction of sp³-hybridized carbons (Fsp3) is 0.500. The van der Waals surface area contributed by atoms with Crippen LogP contribution in [-0.4, -0.2) is 25.2 Å². The number of hydrogen-bond acceptors (Lipinski definition) is 3. The smallest absolute Gasteiger partial charge is 0.319 e. The lowest BCUT2D eigenvalue weighted by molar-refractivity contribution is 0.234. The highest BCUT2D eigenvalue weighted by atomic mass is 16.5. The average molecular weight is 263 g/mol. The van der Waals surface area contributed by atoms with E-state index >= 15 is 0 Å². The van der Waals surface area contributed by atoms with E-state index in [9.17, 15) is 4.79 Å². The molecule has 1 saturated carbocycles. The van der Waals surface area contributed by atoms with E-state index in [-0.39, 0.29) is 11.6 Å². The minimum absolute atomic E-state index is 0.246. The summed E-state index contributed by atoms with van der Waals surface area (Å²) in [5, 5.41) is 5.78. The van der Waals surface area contributed by atoms with Gasteiger partial charge in [-0.2, -0.15) is 0 Å². The summed E-state index contributed by atoms with van der Waals surface area (Å²) in [5.41, 5.74) is 6.10. The SMILES string of the molecule is COc1ccccc1NC(=O)NC(C)(CN)C1CC1. The molecule has 0 radical (unpaired) electrons. The van der Waals surface area contributed by atoms with Gasteiger partial charge in [0.2, 0.25) is 0 Å². The first-order chi connectivity index (χ1) is 9.09. The number of anilines is 1. The number of ether oxygens (including phenoxy) is 1. The monoisotopic (exact) mass is 263 g/mol. The highest BCUT2D eigenvalue weighted by molar-refractivity contribution is 5.91. The third kappa shape index (κ3) is 3.17. The van der Waals surface area contributed by atoms with E-state index in [1.165, 1.54) is 0 Å². The largest absolute Gasteiger partial charge is 0.495 e. The first kappa shape index (κ1) is 13.7. The number of urea groups is 1. The van der Waals surface area contributed by atoms with Crippen molar-refractivity contribution in [2.24, 2.45) is 11.7 Å². The van der Waals surface area contributed by atoms with Crippen molar-refractivity contribution in [1.82, 2.24) is 5.32 Å². The molecule has 1 fully saturated rings. The van der Waals surface area contributed by atoms with Crippen molar-refractivity contribution in [2.75, 3.05) is 19.0 Å². The van der Waals surface area contributed by atoms with Crippen LogP contribution in [0.1, 0.15) is 19.8 Å². The van der Waals surface area contributed by atoms with E-state index in [0.717, 1.165) is 12.8 Å². The van der Waals surface area contributed by atoms with E-state index in [1.807, 2.05) is 19.1 Å². The Labute approximate surface area is 113 Å². The van der Waals surface area contributed by atoms with Crippen molar-refractivity contribution in [3.8, 4) is 5.75 Å². The molecule has 19 heavy (non-hydrogen) atoms. The second kappa shape index (κ2) is 5.48. The lowest BCUT2D eigenvalue weighted by atomic mass is 9.96. The molecule has 4 N–H and O–H groups in total. The quantitative estimate of drug-likeness (QED) is 0.760. The van der Waals surface area contributed by atoms with Crippen LogP contribution in [0.15, 0.2) is 24.3 Å². The van der Waals surface area contributed by atoms with Crippen LogP contribution in [0.25, 0.3) is 0 Å². The van der Waals surface area contributed by atoms with E-state index < -0.39 is 0 Å². The van der Waals surface area contributed by atoms with Crippen molar-refractivity contribution in [3.63, 3.8) is 0 Å². The van der Waals surface area contributed by atoms with Crippen LogP contribution in [0.3, 0.4) is 0 Å². The maximum Gasteiger partial charge on any atom is 0.319 e. The molecule has 5 heteroatoms. The summed E-state index contributed by atoms with van der Waals surface area (Å²) >= 11 is 0. The van der Waals surface area contributed by atoms with Crippen molar-refractivity contribution in [3.05, 3.63) is 24.3 Å². The van der Waals surface area contributed by atoms with Gasteiger partial charge in [0.25, 0.3) is 0 Å². The number of methoxy groups -OCH3 is 1. The summed E-state index contributed by atoms with van der Waals surface area (Å²) in [6.07, 6.45) is 2.26. The summed E-state index contributed by atoms with van der Waals surface area (Å²) < 4.78 is 5.20. The lowest BCUT2D eigenvalue weighted by Crippen LogP contribution is -2.54. The third-order valence-electron chi connectivity index (χ3n) is 3.66. The number of amides is 2. The van der Waals surface area contributed by atoms with Crippen LogP contribution in [0, 0.1) is 5.92 Å². The van der Waals surface area contributed by atoms with Crippen molar-refractivity contribution in [1.29, 1.82) is 0 Å². The summed E-state index contributed by atoms with van der Waals surface area (Å²) in [4.78, 5) is 12.1. The average Bonchev–Trinajstić information content (AvgIpc) is 3.23. The number of nitrogens with two attached hydrogens (primary N) is 1. The van der Waals surface area contributed by atoms with Crippen molar-refractivity contribution >= 4 is 11.7 Å². The van der Waals surface area contributed by atoms with Crippen LogP contribution in [-0.2, 0) is 0 Å². The molecule has 5 nitrogen and oxygen atoms in total. The number of nitrogens with one attached hydrogen (secondary N) is 2. The molecular weight excluding hydrogens is 242 g/mol. The Balaban J connectivity index is 2.01. The summed E-state index contributed by atoms with van der Waals surface area (Å²) in [6.45, 7) is 2.43. The molecule has 1 aromatic rings. The number of carbonyl (C=O) groups excluding carboxylic acids is 1. The van der Waals surface area contributed by atoms with Gasteiger partial charge >= 0.3 is 6.03 Å². The van der Waals surface area contributed by atoms with Gasteiger partial charge in [-0.05, 0) is 37.8 Å². The predicted octanol–water partition coefficient (Wildman–Crippen LogP) is 1.94. The first-order valence-corrected chi connectivity index (χ1v) is 6.51. The summed E-state index contributed by atoms with van der Waals surface area (Å²) in [6, 6.07) is 7.06. The van der Waals surface area contributed by atoms with Crippen molar-refractivity contribution in [2.45, 2.75) is 25.3 Å². The van der Waals surface area contributed by atoms with E-state index in [2.05, 4.69) is 10.6 Å². The zero-order valence-corrected chi connectivity index (χ0v) is 11.4. The number of para-hydroxylation sites is 2. The molecule has 2 rings (SSSR count). The van der Waals surface area contributed by atoms with Gasteiger partial charge in [-0.3, -0.25) is 0 Å². The van der Waals surface area contributed by atoms with Gasteiger partial charge < -0.3 is 21.1 Å². The standard InChI is InChI=1S/C14H21N3O2/c1-14(9-15,10-7-8-10)17-13(18)16-11-5-3-4-6-12(11)19-2/h3-6,10H,7-9,15H2,1-2H3,(H2,16,17,18). The highest BCUT2D eigenvalue weighted by Gasteiger charge is 2.41. The number of carbonyl (C=O) groups is 1. The molecule has 1 unspecified atom stereocenters. The van der Waals surface area contributed by atoms with E-state index in [0.29, 0.717) is 23.9 Å². The first-order valence-electron chi connectivity index (χ1n) is 6.51. The molecule has 0 aromatic heterocycles. The maximum atomic E-state index is 12.1. The molecule has 0 aliphatic heterocycles. The zero-order chi connectivity index (χ0) is 13.9. The van der Waals surface area contributed by atoms with Crippen LogP contribution in [0.5, 0.6) is 5.75 Å². The lowest BCUT2D eigenvalue weighted by Gasteiger charge is -2.29. The Morgan fingerprint density at radius 1 is 1.47 bits per heavy atom. The van der Waals surface area contributed by atoms with Crippen LogP contribution >= 0.6 is 0 Å². The molecule has 1 aliphatic carbocycles. The fourth-order valence-electron chi connectivity index (χ4n) is 2.20. The third-order valence-corrected chi connectivity index (χ3v) is 3.66. The topological polar surface area (TPSA) is 76.4 Å². The van der Waals surface area contributed by atoms with Crippen LogP contribution < -0.4 is 21.1 Å². The molecule has 1 aliphatic rings. The van der Waals surface area contributed by atoms with E-state index in [1.54, 1.807) is 19.2 Å². The Kier molecular flexibility index (Phi) is 3.95. The molecule has 2 amide bonds. The summed E-state index contributed by atoms with van der Waals surface area (Å²) in [5.74, 6) is 1.12. The molecule has 1 aromatic carbocycles. The number of benzene rings is 1. The molecule has 0 saturated heterocycles. The van der Waals surface area contributed by atoms with Gasteiger partial charge in [-0.25, -0.2) is 4.79 Å². The second-order valence-corrected chi connectivity index (χ2v) is 5.18. The van der Waals surface area contributed by atoms with Gasteiger partial charge in [-0.1, -0.05) is 12.1 Å². The fourth-order valence-corrected chi connectivity index (χ4v) is 2.20. The van der Waals surface area contributed by atoms with Gasteiger partial charge in [-0.15, -0.1) is 0 Å². The van der Waals surface area contributed by atoms with Gasteiger partial charge in [0.15, 0.2) is 0 Å². The van der Waals surface area contributed by atoms with Crippen LogP contribution in [0.2, 0.25) is 0 Å². The highest BCUT2D eigenvalue weighted by Crippen LogP contribution is 2.39. The van der Waals surface area contributed by atoms with Gasteiger partial charge in [0.05, 0.1) is 18.3 Å². The second-order valence-electron chi connectivity index (χ2n) is 5.18. The Morgan fingerprint density at radius 2 is 2.16 bits per heavy atom. The molecule has 0 bridgehead atoms. The molecule has 104 valence electrons. The van der Waals surface area contributed by atoms with E-state index in [4.69, 9.17) is 10.5 Å². The maximum absolute atomic E-state index is 12.1. The van der Waals surface area contributed by atoms with Gasteiger partial charge in [0.1, 0.15) is 5.75 Å². The van der Waals surface area contributed by atoms with Crippen LogP contribution in [0.4, 0.5) is 10.5 Å². The zero-order valence-electron chi connectivity index (χ0n) is 11.4. The minimum Gasteiger partial charge on any atom is -0.495 e. The molecule has 1 atom stereocenters. The Morgan fingerprint density at radius 3 is 2.74 bits per heavy atom.